The number of nitro groups is 1. The van der Waals surface area contributed by atoms with E-state index >= 15 is 0 Å². The second kappa shape index (κ2) is 9.09. The van der Waals surface area contributed by atoms with Crippen molar-refractivity contribution in [1.29, 1.82) is 0 Å². The third-order valence-electron chi connectivity index (χ3n) is 3.43. The molecule has 2 aromatic rings. The van der Waals surface area contributed by atoms with Crippen molar-refractivity contribution in [2.75, 3.05) is 6.54 Å². The molecule has 0 aliphatic rings. The summed E-state index contributed by atoms with van der Waals surface area (Å²) < 4.78 is 5.24. The fraction of sp³-hybridized carbons (Fsp3) is 0.167. The van der Waals surface area contributed by atoms with Crippen molar-refractivity contribution in [3.05, 3.63) is 75.8 Å². The summed E-state index contributed by atoms with van der Waals surface area (Å²) in [5.74, 6) is -1.77. The van der Waals surface area contributed by atoms with Crippen LogP contribution in [0, 0.1) is 10.1 Å². The molecule has 2 N–H and O–H groups in total. The Morgan fingerprint density at radius 2 is 1.81 bits per heavy atom. The van der Waals surface area contributed by atoms with Gasteiger partial charge in [-0.3, -0.25) is 20.2 Å². The van der Waals surface area contributed by atoms with Gasteiger partial charge in [-0.05, 0) is 13.0 Å². The van der Waals surface area contributed by atoms with Crippen molar-refractivity contribution in [2.45, 2.75) is 13.0 Å². The van der Waals surface area contributed by atoms with E-state index in [4.69, 9.17) is 4.74 Å². The summed E-state index contributed by atoms with van der Waals surface area (Å²) in [6, 6.07) is 12.3. The molecule has 0 unspecified atom stereocenters. The number of rotatable bonds is 6. The van der Waals surface area contributed by atoms with Crippen molar-refractivity contribution in [2.24, 2.45) is 0 Å². The van der Waals surface area contributed by atoms with Crippen LogP contribution < -0.4 is 10.6 Å². The van der Waals surface area contributed by atoms with Gasteiger partial charge in [0.2, 0.25) is 6.10 Å². The van der Waals surface area contributed by atoms with Crippen LogP contribution in [0.4, 0.5) is 10.5 Å². The van der Waals surface area contributed by atoms with Crippen LogP contribution in [0.15, 0.2) is 54.6 Å². The Hall–Kier alpha value is -3.75. The van der Waals surface area contributed by atoms with Gasteiger partial charge in [0.05, 0.1) is 10.5 Å². The van der Waals surface area contributed by atoms with Crippen LogP contribution in [0.1, 0.15) is 28.9 Å². The molecular weight excluding hydrogens is 354 g/mol. The summed E-state index contributed by atoms with van der Waals surface area (Å²) in [6.45, 7) is 1.99. The van der Waals surface area contributed by atoms with Gasteiger partial charge in [0, 0.05) is 24.2 Å². The van der Waals surface area contributed by atoms with Gasteiger partial charge < -0.3 is 10.1 Å². The van der Waals surface area contributed by atoms with Crippen LogP contribution in [0.2, 0.25) is 0 Å². The predicted octanol–water partition coefficient (Wildman–Crippen LogP) is 2.34. The zero-order valence-corrected chi connectivity index (χ0v) is 14.4. The van der Waals surface area contributed by atoms with Crippen molar-refractivity contribution < 1.29 is 24.0 Å². The Kier molecular flexibility index (Phi) is 6.59. The molecule has 2 rings (SSSR count). The fourth-order valence-electron chi connectivity index (χ4n) is 2.20. The first kappa shape index (κ1) is 19.6. The Morgan fingerprint density at radius 3 is 2.44 bits per heavy atom. The zero-order valence-electron chi connectivity index (χ0n) is 14.4. The van der Waals surface area contributed by atoms with Gasteiger partial charge in [0.25, 0.3) is 11.6 Å². The van der Waals surface area contributed by atoms with Crippen molar-refractivity contribution in [3.63, 3.8) is 0 Å². The van der Waals surface area contributed by atoms with E-state index in [0.29, 0.717) is 12.1 Å². The van der Waals surface area contributed by atoms with Crippen LogP contribution in [-0.2, 0) is 9.53 Å². The van der Waals surface area contributed by atoms with Gasteiger partial charge in [-0.25, -0.2) is 9.59 Å². The number of imide groups is 1. The van der Waals surface area contributed by atoms with E-state index in [2.05, 4.69) is 10.6 Å². The molecule has 0 saturated carbocycles. The minimum absolute atomic E-state index is 0.0871. The highest BCUT2D eigenvalue weighted by Crippen LogP contribution is 2.21. The molecular formula is C18H17N3O6. The highest BCUT2D eigenvalue weighted by Gasteiger charge is 2.27. The van der Waals surface area contributed by atoms with Crippen molar-refractivity contribution in [1.82, 2.24) is 10.6 Å². The number of ether oxygens (including phenoxy) is 1. The molecule has 0 fully saturated rings. The summed E-state index contributed by atoms with van der Waals surface area (Å²) in [4.78, 5) is 46.6. The first-order valence-electron chi connectivity index (χ1n) is 8.01. The summed E-state index contributed by atoms with van der Waals surface area (Å²) in [7, 11) is 0. The summed E-state index contributed by atoms with van der Waals surface area (Å²) >= 11 is 0. The van der Waals surface area contributed by atoms with E-state index in [0.717, 1.165) is 6.07 Å². The second-order valence-electron chi connectivity index (χ2n) is 5.35. The van der Waals surface area contributed by atoms with Gasteiger partial charge >= 0.3 is 12.0 Å². The average Bonchev–Trinajstić information content (AvgIpc) is 2.66. The van der Waals surface area contributed by atoms with E-state index in [1.54, 1.807) is 37.3 Å². The lowest BCUT2D eigenvalue weighted by Gasteiger charge is -2.17. The van der Waals surface area contributed by atoms with E-state index < -0.39 is 28.9 Å². The molecule has 0 radical (unpaired) electrons. The van der Waals surface area contributed by atoms with E-state index in [-0.39, 0.29) is 11.3 Å². The molecule has 0 saturated heterocycles. The molecule has 3 amide bonds. The summed E-state index contributed by atoms with van der Waals surface area (Å²) in [5, 5.41) is 15.3. The largest absolute Gasteiger partial charge is 0.444 e. The number of carbonyl (C=O) groups is 3. The van der Waals surface area contributed by atoms with Crippen LogP contribution in [0.5, 0.6) is 0 Å². The van der Waals surface area contributed by atoms with Gasteiger partial charge in [0.1, 0.15) is 0 Å². The van der Waals surface area contributed by atoms with Crippen LogP contribution >= 0.6 is 0 Å². The maximum absolute atomic E-state index is 12.4. The molecule has 9 heteroatoms. The quantitative estimate of drug-likeness (QED) is 0.456. The third-order valence-corrected chi connectivity index (χ3v) is 3.43. The van der Waals surface area contributed by atoms with Crippen molar-refractivity contribution in [3.8, 4) is 0 Å². The normalized spacial score (nSPS) is 11.1. The molecule has 1 atom stereocenters. The SMILES string of the molecule is CCNC(=O)NC(=O)[C@@H](OC(=O)c1cccc([N+](=O)[O-])c1)c1ccccc1. The number of nitrogens with zero attached hydrogens (tertiary/aromatic N) is 1. The molecule has 0 aliphatic heterocycles. The number of benzene rings is 2. The fourth-order valence-corrected chi connectivity index (χ4v) is 2.20. The maximum atomic E-state index is 12.4. The monoisotopic (exact) mass is 371 g/mol. The first-order chi connectivity index (χ1) is 12.9. The number of urea groups is 1. The highest BCUT2D eigenvalue weighted by molar-refractivity contribution is 5.99. The van der Waals surface area contributed by atoms with Gasteiger partial charge in [-0.15, -0.1) is 0 Å². The molecule has 0 aliphatic carbocycles. The lowest BCUT2D eigenvalue weighted by atomic mass is 10.1. The first-order valence-corrected chi connectivity index (χ1v) is 8.01. The molecule has 27 heavy (non-hydrogen) atoms. The maximum Gasteiger partial charge on any atom is 0.339 e. The number of esters is 1. The number of amides is 3. The predicted molar refractivity (Wildman–Crippen MR) is 94.9 cm³/mol. The highest BCUT2D eigenvalue weighted by atomic mass is 16.6. The molecule has 0 bridgehead atoms. The molecule has 0 heterocycles. The number of hydrogen-bond donors (Lipinski definition) is 2. The smallest absolute Gasteiger partial charge is 0.339 e. The minimum atomic E-state index is -1.40. The minimum Gasteiger partial charge on any atom is -0.444 e. The van der Waals surface area contributed by atoms with Crippen LogP contribution in [0.25, 0.3) is 0 Å². The number of carbonyl (C=O) groups excluding carboxylic acids is 3. The molecule has 9 nitrogen and oxygen atoms in total. The average molecular weight is 371 g/mol. The Morgan fingerprint density at radius 1 is 1.11 bits per heavy atom. The molecule has 0 spiro atoms. The van der Waals surface area contributed by atoms with Crippen molar-refractivity contribution >= 4 is 23.6 Å². The number of nitrogens with one attached hydrogen (secondary N) is 2. The molecule has 2 aromatic carbocycles. The van der Waals surface area contributed by atoms with Gasteiger partial charge in [0.15, 0.2) is 0 Å². The van der Waals surface area contributed by atoms with Gasteiger partial charge in [-0.1, -0.05) is 36.4 Å². The van der Waals surface area contributed by atoms with Crippen LogP contribution in [0.3, 0.4) is 0 Å². The number of hydrogen-bond acceptors (Lipinski definition) is 6. The lowest BCUT2D eigenvalue weighted by molar-refractivity contribution is -0.384. The van der Waals surface area contributed by atoms with E-state index in [9.17, 15) is 24.5 Å². The summed E-state index contributed by atoms with van der Waals surface area (Å²) in [5.41, 5.74) is -0.0264. The third kappa shape index (κ3) is 5.36. The Balaban J connectivity index is 2.25. The molecule has 140 valence electrons. The van der Waals surface area contributed by atoms with E-state index in [1.165, 1.54) is 18.2 Å². The second-order valence-corrected chi connectivity index (χ2v) is 5.35. The standard InChI is InChI=1S/C18H17N3O6/c1-2-19-18(24)20-16(22)15(12-7-4-3-5-8-12)27-17(23)13-9-6-10-14(11-13)21(25)26/h3-11,15H,2H2,1H3,(H2,19,20,22,24)/t15-/m0/s1. The van der Waals surface area contributed by atoms with Crippen LogP contribution in [-0.4, -0.2) is 29.4 Å². The lowest BCUT2D eigenvalue weighted by Crippen LogP contribution is -2.42. The Bertz CT molecular complexity index is 853. The van der Waals surface area contributed by atoms with Gasteiger partial charge in [-0.2, -0.15) is 0 Å². The number of non-ortho nitro benzene ring substituents is 1. The Labute approximate surface area is 154 Å². The topological polar surface area (TPSA) is 128 Å². The molecule has 0 aromatic heterocycles. The zero-order chi connectivity index (χ0) is 19.8. The number of nitro benzene ring substituents is 1. The van der Waals surface area contributed by atoms with E-state index in [1.807, 2.05) is 0 Å². The summed E-state index contributed by atoms with van der Waals surface area (Å²) in [6.07, 6.45) is -1.40.